The smallest absolute Gasteiger partial charge is 0.338 e. The molecule has 0 unspecified atom stereocenters. The molecule has 9 heteroatoms. The highest BCUT2D eigenvalue weighted by atomic mass is 32.1. The maximum absolute atomic E-state index is 13.5. The van der Waals surface area contributed by atoms with Gasteiger partial charge in [0.25, 0.3) is 0 Å². The number of hydrogen-bond donors (Lipinski definition) is 3. The predicted octanol–water partition coefficient (Wildman–Crippen LogP) is 1.88. The molecule has 0 atom stereocenters. The van der Waals surface area contributed by atoms with Crippen molar-refractivity contribution in [2.75, 3.05) is 11.1 Å². The van der Waals surface area contributed by atoms with E-state index in [4.69, 9.17) is 10.8 Å². The molecule has 0 aliphatic carbocycles. The van der Waals surface area contributed by atoms with Crippen molar-refractivity contribution in [3.05, 3.63) is 40.4 Å². The van der Waals surface area contributed by atoms with Gasteiger partial charge in [0, 0.05) is 11.4 Å². The van der Waals surface area contributed by atoms with Crippen LogP contribution in [-0.4, -0.2) is 22.0 Å². The molecule has 0 saturated heterocycles. The van der Waals surface area contributed by atoms with Crippen LogP contribution in [0.5, 0.6) is 0 Å². The number of nitrogens with two attached hydrogens (primary N) is 1. The first kappa shape index (κ1) is 14.9. The van der Waals surface area contributed by atoms with Gasteiger partial charge < -0.3 is 16.2 Å². The van der Waals surface area contributed by atoms with Gasteiger partial charge in [-0.15, -0.1) is 11.3 Å². The summed E-state index contributed by atoms with van der Waals surface area (Å²) in [5.74, 6) is -4.47. The molecule has 4 N–H and O–H groups in total. The Kier molecular flexibility index (Phi) is 4.13. The molecule has 1 amide bonds. The molecule has 110 valence electrons. The van der Waals surface area contributed by atoms with Crippen molar-refractivity contribution in [1.29, 1.82) is 0 Å². The van der Waals surface area contributed by atoms with Gasteiger partial charge in [-0.2, -0.15) is 0 Å². The summed E-state index contributed by atoms with van der Waals surface area (Å²) in [6.07, 6.45) is -0.160. The van der Waals surface area contributed by atoms with Crippen LogP contribution in [0, 0.1) is 11.6 Å². The van der Waals surface area contributed by atoms with Crippen LogP contribution in [0.1, 0.15) is 16.1 Å². The molecule has 0 aliphatic heterocycles. The molecular weight excluding hydrogens is 304 g/mol. The van der Waals surface area contributed by atoms with Crippen molar-refractivity contribution in [3.8, 4) is 0 Å². The Morgan fingerprint density at radius 2 is 2.05 bits per heavy atom. The number of rotatable bonds is 4. The van der Waals surface area contributed by atoms with Crippen molar-refractivity contribution in [2.45, 2.75) is 6.42 Å². The van der Waals surface area contributed by atoms with E-state index in [-0.39, 0.29) is 6.42 Å². The van der Waals surface area contributed by atoms with Crippen molar-refractivity contribution in [1.82, 2.24) is 4.98 Å². The molecule has 0 spiro atoms. The van der Waals surface area contributed by atoms with Gasteiger partial charge in [0.05, 0.1) is 23.4 Å². The Morgan fingerprint density at radius 3 is 2.62 bits per heavy atom. The quantitative estimate of drug-likeness (QED) is 0.799. The number of carbonyl (C=O) groups excluding carboxylic acids is 1. The number of aromatic nitrogens is 1. The fraction of sp³-hybridized carbons (Fsp3) is 0.0833. The molecule has 0 radical (unpaired) electrons. The molecule has 6 nitrogen and oxygen atoms in total. The van der Waals surface area contributed by atoms with Crippen LogP contribution in [0.4, 0.5) is 19.6 Å². The van der Waals surface area contributed by atoms with Gasteiger partial charge in [0.2, 0.25) is 5.91 Å². The molecule has 0 bridgehead atoms. The Bertz CT molecular complexity index is 718. The number of carbonyl (C=O) groups is 2. The molecule has 0 aliphatic rings. The summed E-state index contributed by atoms with van der Waals surface area (Å²) in [5, 5.41) is 12.8. The second kappa shape index (κ2) is 5.83. The second-order valence-corrected chi connectivity index (χ2v) is 4.91. The molecule has 21 heavy (non-hydrogen) atoms. The van der Waals surface area contributed by atoms with E-state index in [0.717, 1.165) is 17.4 Å². The first-order valence-electron chi connectivity index (χ1n) is 5.59. The van der Waals surface area contributed by atoms with E-state index in [1.54, 1.807) is 5.38 Å². The third-order valence-corrected chi connectivity index (χ3v) is 3.20. The van der Waals surface area contributed by atoms with Crippen LogP contribution in [-0.2, 0) is 11.2 Å². The van der Waals surface area contributed by atoms with E-state index < -0.39 is 34.8 Å². The fourth-order valence-electron chi connectivity index (χ4n) is 1.57. The Hall–Kier alpha value is -2.55. The molecule has 1 aromatic heterocycles. The number of carboxylic acid groups (broad SMARTS) is 1. The molecule has 1 aromatic carbocycles. The van der Waals surface area contributed by atoms with Gasteiger partial charge in [0.15, 0.2) is 5.13 Å². The van der Waals surface area contributed by atoms with Crippen LogP contribution in [0.25, 0.3) is 0 Å². The molecule has 0 fully saturated rings. The average Bonchev–Trinajstić information content (AvgIpc) is 2.77. The van der Waals surface area contributed by atoms with E-state index in [2.05, 4.69) is 10.3 Å². The van der Waals surface area contributed by atoms with E-state index >= 15 is 0 Å². The number of amides is 1. The number of nitrogen functional groups attached to an aromatic ring is 1. The van der Waals surface area contributed by atoms with Gasteiger partial charge >= 0.3 is 5.97 Å². The normalized spacial score (nSPS) is 10.4. The monoisotopic (exact) mass is 313 g/mol. The topological polar surface area (TPSA) is 105 Å². The number of aromatic carboxylic acids is 1. The minimum Gasteiger partial charge on any atom is -0.478 e. The summed E-state index contributed by atoms with van der Waals surface area (Å²) >= 11 is 1.15. The highest BCUT2D eigenvalue weighted by Gasteiger charge is 2.17. The van der Waals surface area contributed by atoms with Crippen LogP contribution < -0.4 is 11.1 Å². The lowest BCUT2D eigenvalue weighted by atomic mass is 10.1. The molecule has 2 aromatic rings. The van der Waals surface area contributed by atoms with Crippen molar-refractivity contribution in [3.63, 3.8) is 0 Å². The first-order valence-corrected chi connectivity index (χ1v) is 6.47. The number of nitrogens with one attached hydrogen (secondary N) is 1. The van der Waals surface area contributed by atoms with Crippen molar-refractivity contribution in [2.24, 2.45) is 0 Å². The summed E-state index contributed by atoms with van der Waals surface area (Å²) in [7, 11) is 0. The summed E-state index contributed by atoms with van der Waals surface area (Å²) in [6, 6.07) is 1.13. The predicted molar refractivity (Wildman–Crippen MR) is 72.2 cm³/mol. The summed E-state index contributed by atoms with van der Waals surface area (Å²) in [4.78, 5) is 26.3. The van der Waals surface area contributed by atoms with E-state index in [1.165, 1.54) is 0 Å². The number of nitrogens with zero attached hydrogens (tertiary/aromatic N) is 1. The zero-order chi connectivity index (χ0) is 15.6. The zero-order valence-corrected chi connectivity index (χ0v) is 11.2. The third-order valence-electron chi connectivity index (χ3n) is 2.47. The van der Waals surface area contributed by atoms with Gasteiger partial charge in [-0.1, -0.05) is 0 Å². The largest absolute Gasteiger partial charge is 0.478 e. The van der Waals surface area contributed by atoms with Gasteiger partial charge in [0.1, 0.15) is 11.6 Å². The Balaban J connectivity index is 2.17. The molecule has 2 rings (SSSR count). The highest BCUT2D eigenvalue weighted by Crippen LogP contribution is 2.20. The highest BCUT2D eigenvalue weighted by molar-refractivity contribution is 7.13. The minimum atomic E-state index is -1.56. The van der Waals surface area contributed by atoms with E-state index in [1.807, 2.05) is 0 Å². The fourth-order valence-corrected chi connectivity index (χ4v) is 2.13. The van der Waals surface area contributed by atoms with E-state index in [0.29, 0.717) is 16.9 Å². The zero-order valence-electron chi connectivity index (χ0n) is 10.4. The van der Waals surface area contributed by atoms with Gasteiger partial charge in [-0.05, 0) is 6.07 Å². The Labute approximate surface area is 121 Å². The molecular formula is C12H9F2N3O3S. The van der Waals surface area contributed by atoms with Crippen molar-refractivity contribution >= 4 is 34.0 Å². The summed E-state index contributed by atoms with van der Waals surface area (Å²) in [5.41, 5.74) is 4.66. The van der Waals surface area contributed by atoms with Crippen LogP contribution in [0.15, 0.2) is 17.5 Å². The van der Waals surface area contributed by atoms with E-state index in [9.17, 15) is 18.4 Å². The number of carboxylic acids is 1. The molecule has 0 saturated carbocycles. The lowest BCUT2D eigenvalue weighted by molar-refractivity contribution is -0.115. The van der Waals surface area contributed by atoms with Crippen LogP contribution in [0.2, 0.25) is 0 Å². The molecule has 1 heterocycles. The van der Waals surface area contributed by atoms with Crippen LogP contribution >= 0.6 is 11.3 Å². The average molecular weight is 313 g/mol. The van der Waals surface area contributed by atoms with Gasteiger partial charge in [-0.3, -0.25) is 4.79 Å². The lowest BCUT2D eigenvalue weighted by Crippen LogP contribution is -2.16. The summed E-state index contributed by atoms with van der Waals surface area (Å²) < 4.78 is 26.7. The lowest BCUT2D eigenvalue weighted by Gasteiger charge is -2.07. The van der Waals surface area contributed by atoms with Crippen molar-refractivity contribution < 1.29 is 23.5 Å². The summed E-state index contributed by atoms with van der Waals surface area (Å²) in [6.45, 7) is 0. The number of anilines is 2. The third kappa shape index (κ3) is 3.51. The number of thiazole rings is 1. The number of halogens is 2. The SMILES string of the molecule is Nc1nc(CC(=O)Nc2cc(C(=O)O)c(F)cc2F)cs1. The number of benzene rings is 1. The maximum Gasteiger partial charge on any atom is 0.338 e. The maximum atomic E-state index is 13.5. The Morgan fingerprint density at radius 1 is 1.33 bits per heavy atom. The van der Waals surface area contributed by atoms with Crippen LogP contribution in [0.3, 0.4) is 0 Å². The standard InChI is InChI=1S/C12H9F2N3O3S/c13-7-3-8(14)9(2-6(7)11(19)20)17-10(18)1-5-4-21-12(15)16-5/h2-4H,1H2,(H2,15,16)(H,17,18)(H,19,20). The number of hydrogen-bond acceptors (Lipinski definition) is 5. The minimum absolute atomic E-state index is 0.160. The second-order valence-electron chi connectivity index (χ2n) is 4.02. The van der Waals surface area contributed by atoms with Gasteiger partial charge in [-0.25, -0.2) is 18.6 Å². The first-order chi connectivity index (χ1) is 9.86.